The Morgan fingerprint density at radius 2 is 1.85 bits per heavy atom. The molecular weight excluding hydrogens is 556 g/mol. The van der Waals surface area contributed by atoms with Gasteiger partial charge in [-0.15, -0.1) is 0 Å². The lowest BCUT2D eigenvalue weighted by atomic mass is 9.93. The monoisotopic (exact) mass is 590 g/mol. The molecule has 0 spiro atoms. The van der Waals surface area contributed by atoms with Crippen molar-refractivity contribution >= 4 is 33.6 Å². The predicted molar refractivity (Wildman–Crippen MR) is 152 cm³/mol. The van der Waals surface area contributed by atoms with Crippen molar-refractivity contribution in [1.82, 2.24) is 19.4 Å². The Bertz CT molecular complexity index is 1380. The second-order valence-electron chi connectivity index (χ2n) is 9.64. The van der Waals surface area contributed by atoms with Crippen LogP contribution < -0.4 is 10.1 Å². The van der Waals surface area contributed by atoms with E-state index in [0.717, 1.165) is 0 Å². The van der Waals surface area contributed by atoms with E-state index in [1.54, 1.807) is 49.3 Å². The van der Waals surface area contributed by atoms with Gasteiger partial charge in [0, 0.05) is 49.5 Å². The lowest BCUT2D eigenvalue weighted by molar-refractivity contribution is -0.139. The number of ether oxygens (including phenoxy) is 2. The molecular formula is C28H35ClN4O6S. The number of nitrogens with one attached hydrogen (secondary N) is 1. The molecule has 1 N–H and O–H groups in total. The Morgan fingerprint density at radius 1 is 1.12 bits per heavy atom. The molecule has 2 atom stereocenters. The highest BCUT2D eigenvalue weighted by Gasteiger charge is 2.40. The Balaban J connectivity index is 1.66. The minimum atomic E-state index is -3.72. The number of carbonyl (C=O) groups is 2. The number of hydrogen-bond acceptors (Lipinski definition) is 7. The summed E-state index contributed by atoms with van der Waals surface area (Å²) in [5.41, 5.74) is 1.58. The molecule has 10 nitrogen and oxygen atoms in total. The van der Waals surface area contributed by atoms with E-state index in [9.17, 15) is 18.0 Å². The van der Waals surface area contributed by atoms with Crippen molar-refractivity contribution in [3.05, 3.63) is 70.4 Å². The van der Waals surface area contributed by atoms with Gasteiger partial charge in [0.25, 0.3) is 0 Å². The van der Waals surface area contributed by atoms with Gasteiger partial charge in [-0.05, 0) is 62.7 Å². The van der Waals surface area contributed by atoms with Crippen LogP contribution in [0.25, 0.3) is 0 Å². The molecule has 2 unspecified atom stereocenters. The molecule has 0 radical (unpaired) electrons. The van der Waals surface area contributed by atoms with Crippen molar-refractivity contribution in [2.24, 2.45) is 0 Å². The highest BCUT2D eigenvalue weighted by molar-refractivity contribution is 7.89. The smallest absolute Gasteiger partial charge is 0.338 e. The van der Waals surface area contributed by atoms with Crippen LogP contribution in [0.5, 0.6) is 5.75 Å². The summed E-state index contributed by atoms with van der Waals surface area (Å²) in [4.78, 5) is 30.4. The number of carbonyl (C=O) groups excluding carboxylic acids is 2. The van der Waals surface area contributed by atoms with E-state index in [2.05, 4.69) is 10.2 Å². The molecule has 40 heavy (non-hydrogen) atoms. The number of benzene rings is 2. The highest BCUT2D eigenvalue weighted by Crippen LogP contribution is 2.34. The summed E-state index contributed by atoms with van der Waals surface area (Å²) in [5, 5.41) is 3.42. The van der Waals surface area contributed by atoms with Crippen LogP contribution in [0.3, 0.4) is 0 Å². The minimum Gasteiger partial charge on any atom is -0.497 e. The van der Waals surface area contributed by atoms with Crippen LogP contribution in [0.4, 0.5) is 4.79 Å². The second-order valence-corrected chi connectivity index (χ2v) is 12.0. The van der Waals surface area contributed by atoms with Gasteiger partial charge in [-0.1, -0.05) is 23.7 Å². The van der Waals surface area contributed by atoms with Crippen LogP contribution in [-0.2, 0) is 19.6 Å². The minimum absolute atomic E-state index is 0.179. The lowest BCUT2D eigenvalue weighted by Gasteiger charge is -2.42. The molecule has 2 heterocycles. The summed E-state index contributed by atoms with van der Waals surface area (Å²) in [6.45, 7) is 7.31. The molecule has 2 amide bonds. The van der Waals surface area contributed by atoms with Crippen LogP contribution in [-0.4, -0.2) is 87.0 Å². The molecule has 0 aromatic heterocycles. The third-order valence-corrected chi connectivity index (χ3v) is 9.40. The van der Waals surface area contributed by atoms with E-state index in [-0.39, 0.29) is 36.7 Å². The Hall–Kier alpha value is -3.12. The van der Waals surface area contributed by atoms with E-state index in [0.29, 0.717) is 47.2 Å². The van der Waals surface area contributed by atoms with Crippen LogP contribution in [0.1, 0.15) is 32.4 Å². The van der Waals surface area contributed by atoms with Gasteiger partial charge in [0.1, 0.15) is 5.75 Å². The maximum atomic E-state index is 13.4. The fourth-order valence-corrected chi connectivity index (χ4v) is 6.94. The average Bonchev–Trinajstić information content (AvgIpc) is 2.93. The first-order valence-corrected chi connectivity index (χ1v) is 15.0. The number of amides is 2. The van der Waals surface area contributed by atoms with Crippen molar-refractivity contribution in [2.75, 3.05) is 46.4 Å². The van der Waals surface area contributed by atoms with Gasteiger partial charge in [0.2, 0.25) is 10.0 Å². The third-order valence-electron chi connectivity index (χ3n) is 7.12. The van der Waals surface area contributed by atoms with Crippen LogP contribution >= 0.6 is 11.6 Å². The molecule has 1 saturated heterocycles. The van der Waals surface area contributed by atoms with E-state index < -0.39 is 22.0 Å². The normalized spacial score (nSPS) is 20.8. The van der Waals surface area contributed by atoms with Gasteiger partial charge < -0.3 is 14.8 Å². The van der Waals surface area contributed by atoms with Crippen molar-refractivity contribution in [3.8, 4) is 5.75 Å². The Morgan fingerprint density at radius 3 is 2.48 bits per heavy atom. The fourth-order valence-electron chi connectivity index (χ4n) is 5.20. The summed E-state index contributed by atoms with van der Waals surface area (Å²) in [6.07, 6.45) is 0. The highest BCUT2D eigenvalue weighted by atomic mass is 35.5. The van der Waals surface area contributed by atoms with E-state index in [1.165, 1.54) is 16.4 Å². The Labute approximate surface area is 240 Å². The summed E-state index contributed by atoms with van der Waals surface area (Å²) >= 11 is 5.95. The number of likely N-dealkylation sites (N-methyl/N-ethyl adjacent to an activating group) is 1. The SMILES string of the molecule is CCOC(=O)C1=C(CN2CCN(S(=O)(=O)c3ccc(Cl)cc3)C(C)C2)N(CC)C(=O)NC1c1cccc(OC)c1. The van der Waals surface area contributed by atoms with E-state index in [1.807, 2.05) is 19.9 Å². The molecule has 0 bridgehead atoms. The maximum absolute atomic E-state index is 13.4. The fraction of sp³-hybridized carbons (Fsp3) is 0.429. The van der Waals surface area contributed by atoms with E-state index >= 15 is 0 Å². The molecule has 0 aliphatic carbocycles. The van der Waals surface area contributed by atoms with Crippen molar-refractivity contribution in [1.29, 1.82) is 0 Å². The molecule has 12 heteroatoms. The number of urea groups is 1. The third kappa shape index (κ3) is 6.12. The van der Waals surface area contributed by atoms with Crippen LogP contribution in [0.15, 0.2) is 64.7 Å². The predicted octanol–water partition coefficient (Wildman–Crippen LogP) is 3.65. The molecule has 2 aromatic carbocycles. The van der Waals surface area contributed by atoms with Gasteiger partial charge in [-0.2, -0.15) is 4.31 Å². The zero-order valence-corrected chi connectivity index (χ0v) is 24.7. The number of esters is 1. The number of hydrogen-bond donors (Lipinski definition) is 1. The molecule has 2 aliphatic heterocycles. The summed E-state index contributed by atoms with van der Waals surface area (Å²) in [6, 6.07) is 11.9. The lowest BCUT2D eigenvalue weighted by Crippen LogP contribution is -2.56. The van der Waals surface area contributed by atoms with Crippen LogP contribution in [0, 0.1) is 0 Å². The van der Waals surface area contributed by atoms with Crippen molar-refractivity contribution in [3.63, 3.8) is 0 Å². The quantitative estimate of drug-likeness (QED) is 0.444. The largest absolute Gasteiger partial charge is 0.497 e. The first-order chi connectivity index (χ1) is 19.1. The zero-order chi connectivity index (χ0) is 29.0. The average molecular weight is 591 g/mol. The number of methoxy groups -OCH3 is 1. The van der Waals surface area contributed by atoms with Gasteiger partial charge in [0.05, 0.1) is 30.2 Å². The van der Waals surface area contributed by atoms with Gasteiger partial charge >= 0.3 is 12.0 Å². The number of rotatable bonds is 9. The molecule has 2 aromatic rings. The maximum Gasteiger partial charge on any atom is 0.338 e. The van der Waals surface area contributed by atoms with Crippen LogP contribution in [0.2, 0.25) is 5.02 Å². The van der Waals surface area contributed by atoms with Crippen molar-refractivity contribution in [2.45, 2.75) is 37.8 Å². The molecule has 0 saturated carbocycles. The second kappa shape index (κ2) is 12.6. The summed E-state index contributed by atoms with van der Waals surface area (Å²) in [5.74, 6) is 0.0852. The first kappa shape index (κ1) is 29.9. The van der Waals surface area contributed by atoms with Gasteiger partial charge in [-0.25, -0.2) is 18.0 Å². The number of halogens is 1. The molecule has 2 aliphatic rings. The molecule has 1 fully saturated rings. The topological polar surface area (TPSA) is 108 Å². The summed E-state index contributed by atoms with van der Waals surface area (Å²) in [7, 11) is -2.16. The van der Waals surface area contributed by atoms with Gasteiger partial charge in [0.15, 0.2) is 0 Å². The molecule has 4 rings (SSSR count). The number of sulfonamides is 1. The van der Waals surface area contributed by atoms with E-state index in [4.69, 9.17) is 21.1 Å². The van der Waals surface area contributed by atoms with Gasteiger partial charge in [-0.3, -0.25) is 9.80 Å². The van der Waals surface area contributed by atoms with Crippen molar-refractivity contribution < 1.29 is 27.5 Å². The standard InChI is InChI=1S/C28H35ClN4O6S/c1-5-32-24(18-31-14-15-33(19(3)17-31)40(36,37)23-12-10-21(29)11-13-23)25(27(34)39-6-2)26(30-28(32)35)20-8-7-9-22(16-20)38-4/h7-13,16,19,26H,5-6,14-15,17-18H2,1-4H3,(H,30,35). The summed E-state index contributed by atoms with van der Waals surface area (Å²) < 4.78 is 39.0. The first-order valence-electron chi connectivity index (χ1n) is 13.2. The molecule has 216 valence electrons. The number of piperazine rings is 1. The zero-order valence-electron chi connectivity index (χ0n) is 23.1. The number of nitrogens with zero attached hydrogens (tertiary/aromatic N) is 3. The Kier molecular flexibility index (Phi) is 9.40.